The monoisotopic (exact) mass is 211 g/mol. The van der Waals surface area contributed by atoms with Gasteiger partial charge in [-0.1, -0.05) is 0 Å². The number of hydrogen-bond acceptors (Lipinski definition) is 4. The summed E-state index contributed by atoms with van der Waals surface area (Å²) >= 11 is 0. The van der Waals surface area contributed by atoms with E-state index in [1.54, 1.807) is 19.9 Å². The highest BCUT2D eigenvalue weighted by molar-refractivity contribution is 5.92. The third kappa shape index (κ3) is 2.59. The van der Waals surface area contributed by atoms with Crippen molar-refractivity contribution in [3.05, 3.63) is 23.2 Å². The lowest BCUT2D eigenvalue weighted by atomic mass is 10.2. The van der Waals surface area contributed by atoms with Gasteiger partial charge < -0.3 is 14.9 Å². The Morgan fingerprint density at radius 3 is 2.47 bits per heavy atom. The van der Waals surface area contributed by atoms with Crippen molar-refractivity contribution in [1.82, 2.24) is 0 Å². The number of primary amides is 1. The van der Waals surface area contributed by atoms with Gasteiger partial charge in [-0.05, 0) is 26.8 Å². The molecule has 0 bridgehead atoms. The van der Waals surface area contributed by atoms with Gasteiger partial charge in [0, 0.05) is 0 Å². The van der Waals surface area contributed by atoms with Gasteiger partial charge in [-0.25, -0.2) is 4.79 Å². The molecule has 1 heterocycles. The maximum Gasteiger partial charge on any atom is 0.342 e. The predicted molar refractivity (Wildman–Crippen MR) is 52.3 cm³/mol. The predicted octanol–water partition coefficient (Wildman–Crippen LogP) is 0.927. The minimum Gasteiger partial charge on any atom is -0.466 e. The third-order valence-corrected chi connectivity index (χ3v) is 1.95. The summed E-state index contributed by atoms with van der Waals surface area (Å²) in [5.41, 5.74) is 5.29. The average molecular weight is 211 g/mol. The molecule has 0 spiro atoms. The standard InChI is InChI=1S/C10H13NO4/c1-5-4-8(6(2)14-5)10(13)15-7(3)9(11)12/h4,7H,1-3H3,(H2,11,12)/t7-/m1/s1. The van der Waals surface area contributed by atoms with Crippen LogP contribution in [0.3, 0.4) is 0 Å². The highest BCUT2D eigenvalue weighted by atomic mass is 16.5. The second kappa shape index (κ2) is 4.16. The molecule has 1 amide bonds. The van der Waals surface area contributed by atoms with Gasteiger partial charge in [0.2, 0.25) is 0 Å². The van der Waals surface area contributed by atoms with Crippen molar-refractivity contribution in [2.45, 2.75) is 26.9 Å². The molecule has 0 aliphatic carbocycles. The van der Waals surface area contributed by atoms with Gasteiger partial charge in [-0.3, -0.25) is 4.79 Å². The summed E-state index contributed by atoms with van der Waals surface area (Å²) in [6.07, 6.45) is -0.938. The van der Waals surface area contributed by atoms with Crippen molar-refractivity contribution in [3.8, 4) is 0 Å². The first kappa shape index (κ1) is 11.3. The molecule has 0 aliphatic heterocycles. The fraction of sp³-hybridized carbons (Fsp3) is 0.400. The van der Waals surface area contributed by atoms with E-state index in [0.29, 0.717) is 17.1 Å². The molecule has 1 atom stereocenters. The van der Waals surface area contributed by atoms with Gasteiger partial charge in [-0.15, -0.1) is 0 Å². The van der Waals surface area contributed by atoms with Gasteiger partial charge in [0.15, 0.2) is 6.10 Å². The Bertz CT molecular complexity index is 394. The lowest BCUT2D eigenvalue weighted by molar-refractivity contribution is -0.125. The number of aryl methyl sites for hydroxylation is 2. The summed E-state index contributed by atoms with van der Waals surface area (Å²) in [4.78, 5) is 22.2. The van der Waals surface area contributed by atoms with Crippen LogP contribution in [0.25, 0.3) is 0 Å². The summed E-state index contributed by atoms with van der Waals surface area (Å²) in [5.74, 6) is -0.197. The van der Waals surface area contributed by atoms with Gasteiger partial charge in [-0.2, -0.15) is 0 Å². The maximum atomic E-state index is 11.5. The topological polar surface area (TPSA) is 82.5 Å². The van der Waals surface area contributed by atoms with Crippen LogP contribution in [0.2, 0.25) is 0 Å². The number of ether oxygens (including phenoxy) is 1. The van der Waals surface area contributed by atoms with Gasteiger partial charge in [0.05, 0.1) is 0 Å². The molecule has 0 unspecified atom stereocenters. The van der Waals surface area contributed by atoms with E-state index >= 15 is 0 Å². The highest BCUT2D eigenvalue weighted by Gasteiger charge is 2.19. The molecule has 0 saturated carbocycles. The number of esters is 1. The largest absolute Gasteiger partial charge is 0.466 e. The van der Waals surface area contributed by atoms with E-state index in [1.807, 2.05) is 0 Å². The Morgan fingerprint density at radius 2 is 2.07 bits per heavy atom. The molecule has 1 aromatic rings. The zero-order chi connectivity index (χ0) is 11.6. The normalized spacial score (nSPS) is 12.2. The Labute approximate surface area is 87.2 Å². The van der Waals surface area contributed by atoms with Crippen LogP contribution >= 0.6 is 0 Å². The molecule has 5 heteroatoms. The van der Waals surface area contributed by atoms with E-state index < -0.39 is 18.0 Å². The second-order valence-electron chi connectivity index (χ2n) is 3.28. The molecule has 0 aliphatic rings. The molecular formula is C10H13NO4. The fourth-order valence-corrected chi connectivity index (χ4v) is 1.12. The molecule has 2 N–H and O–H groups in total. The van der Waals surface area contributed by atoms with Crippen LogP contribution in [0.15, 0.2) is 10.5 Å². The van der Waals surface area contributed by atoms with Crippen molar-refractivity contribution < 1.29 is 18.7 Å². The van der Waals surface area contributed by atoms with Crippen molar-refractivity contribution in [2.24, 2.45) is 5.73 Å². The molecule has 15 heavy (non-hydrogen) atoms. The van der Waals surface area contributed by atoms with E-state index in [2.05, 4.69) is 0 Å². The first-order chi connectivity index (χ1) is 6.91. The van der Waals surface area contributed by atoms with Crippen LogP contribution in [-0.4, -0.2) is 18.0 Å². The maximum absolute atomic E-state index is 11.5. The SMILES string of the molecule is Cc1cc(C(=O)O[C@H](C)C(N)=O)c(C)o1. The Morgan fingerprint density at radius 1 is 1.47 bits per heavy atom. The molecule has 1 aromatic heterocycles. The van der Waals surface area contributed by atoms with Gasteiger partial charge in [0.25, 0.3) is 5.91 Å². The lowest BCUT2D eigenvalue weighted by Crippen LogP contribution is -2.30. The van der Waals surface area contributed by atoms with Gasteiger partial charge in [0.1, 0.15) is 17.1 Å². The smallest absolute Gasteiger partial charge is 0.342 e. The number of rotatable bonds is 3. The number of nitrogens with two attached hydrogens (primary N) is 1. The Balaban J connectivity index is 2.77. The van der Waals surface area contributed by atoms with Crippen LogP contribution in [0.5, 0.6) is 0 Å². The van der Waals surface area contributed by atoms with Crippen molar-refractivity contribution >= 4 is 11.9 Å². The number of hydrogen-bond donors (Lipinski definition) is 1. The number of furan rings is 1. The van der Waals surface area contributed by atoms with Crippen molar-refractivity contribution in [3.63, 3.8) is 0 Å². The van der Waals surface area contributed by atoms with E-state index in [0.717, 1.165) is 0 Å². The second-order valence-corrected chi connectivity index (χ2v) is 3.28. The first-order valence-corrected chi connectivity index (χ1v) is 4.49. The van der Waals surface area contributed by atoms with Crippen LogP contribution in [0.4, 0.5) is 0 Å². The zero-order valence-electron chi connectivity index (χ0n) is 8.87. The Kier molecular flexibility index (Phi) is 3.14. The zero-order valence-corrected chi connectivity index (χ0v) is 8.87. The summed E-state index contributed by atoms with van der Waals surface area (Å²) in [5, 5.41) is 0. The quantitative estimate of drug-likeness (QED) is 0.754. The van der Waals surface area contributed by atoms with E-state index in [1.165, 1.54) is 6.92 Å². The molecule has 0 saturated heterocycles. The molecule has 0 fully saturated rings. The summed E-state index contributed by atoms with van der Waals surface area (Å²) in [7, 11) is 0. The van der Waals surface area contributed by atoms with Crippen molar-refractivity contribution in [1.29, 1.82) is 0 Å². The van der Waals surface area contributed by atoms with Gasteiger partial charge >= 0.3 is 5.97 Å². The highest BCUT2D eigenvalue weighted by Crippen LogP contribution is 2.15. The average Bonchev–Trinajstić information content (AvgIpc) is 2.44. The van der Waals surface area contributed by atoms with E-state index in [9.17, 15) is 9.59 Å². The van der Waals surface area contributed by atoms with Crippen LogP contribution in [0, 0.1) is 13.8 Å². The first-order valence-electron chi connectivity index (χ1n) is 4.49. The summed E-state index contributed by atoms with van der Waals surface area (Å²) in [6, 6.07) is 1.56. The molecule has 82 valence electrons. The molecule has 0 aromatic carbocycles. The number of amides is 1. The molecular weight excluding hydrogens is 198 g/mol. The van der Waals surface area contributed by atoms with Crippen molar-refractivity contribution in [2.75, 3.05) is 0 Å². The molecule has 0 radical (unpaired) electrons. The van der Waals surface area contributed by atoms with E-state index in [-0.39, 0.29) is 0 Å². The van der Waals surface area contributed by atoms with Crippen LogP contribution in [-0.2, 0) is 9.53 Å². The van der Waals surface area contributed by atoms with E-state index in [4.69, 9.17) is 14.9 Å². The minimum absolute atomic E-state index is 0.320. The fourth-order valence-electron chi connectivity index (χ4n) is 1.12. The third-order valence-electron chi connectivity index (χ3n) is 1.95. The lowest BCUT2D eigenvalue weighted by Gasteiger charge is -2.08. The summed E-state index contributed by atoms with van der Waals surface area (Å²) < 4.78 is 9.98. The summed E-state index contributed by atoms with van der Waals surface area (Å²) in [6.45, 7) is 4.79. The molecule has 1 rings (SSSR count). The van der Waals surface area contributed by atoms with Crippen LogP contribution < -0.4 is 5.73 Å². The van der Waals surface area contributed by atoms with Crippen LogP contribution in [0.1, 0.15) is 28.8 Å². The Hall–Kier alpha value is -1.78. The minimum atomic E-state index is -0.938. The number of carbonyl (C=O) groups is 2. The number of carbonyl (C=O) groups excluding carboxylic acids is 2. The molecule has 5 nitrogen and oxygen atoms in total.